The molecule has 0 saturated heterocycles. The van der Waals surface area contributed by atoms with Crippen LogP contribution < -0.4 is 5.32 Å². The van der Waals surface area contributed by atoms with Gasteiger partial charge in [-0.15, -0.1) is 0 Å². The van der Waals surface area contributed by atoms with Crippen LogP contribution in [0.15, 0.2) is 48.8 Å². The predicted octanol–water partition coefficient (Wildman–Crippen LogP) is 3.40. The van der Waals surface area contributed by atoms with Gasteiger partial charge in [-0.3, -0.25) is 9.78 Å². The second kappa shape index (κ2) is 6.85. The molecule has 1 aromatic carbocycles. The number of pyridine rings is 1. The Morgan fingerprint density at radius 3 is 2.55 bits per heavy atom. The lowest BCUT2D eigenvalue weighted by atomic mass is 9.99. The van der Waals surface area contributed by atoms with E-state index in [9.17, 15) is 4.79 Å². The van der Waals surface area contributed by atoms with Crippen molar-refractivity contribution < 1.29 is 4.79 Å². The molecule has 3 heteroatoms. The monoisotopic (exact) mass is 268 g/mol. The lowest BCUT2D eigenvalue weighted by Crippen LogP contribution is -2.29. The Balaban J connectivity index is 2.29. The van der Waals surface area contributed by atoms with Crippen molar-refractivity contribution in [2.75, 3.05) is 0 Å². The van der Waals surface area contributed by atoms with E-state index in [2.05, 4.69) is 41.5 Å². The van der Waals surface area contributed by atoms with Gasteiger partial charge in [-0.2, -0.15) is 0 Å². The van der Waals surface area contributed by atoms with Crippen LogP contribution in [-0.4, -0.2) is 10.9 Å². The molecule has 1 aromatic heterocycles. The van der Waals surface area contributed by atoms with E-state index in [0.717, 1.165) is 17.5 Å². The van der Waals surface area contributed by atoms with Gasteiger partial charge in [-0.1, -0.05) is 42.8 Å². The number of nitrogens with one attached hydrogen (secondary N) is 1. The third kappa shape index (κ3) is 3.67. The first-order chi connectivity index (χ1) is 9.70. The van der Waals surface area contributed by atoms with Gasteiger partial charge < -0.3 is 5.32 Å². The fourth-order valence-corrected chi connectivity index (χ4v) is 2.12. The van der Waals surface area contributed by atoms with Gasteiger partial charge >= 0.3 is 0 Å². The lowest BCUT2D eigenvalue weighted by molar-refractivity contribution is -0.121. The average Bonchev–Trinajstić information content (AvgIpc) is 2.47. The fraction of sp³-hybridized carbons (Fsp3) is 0.294. The van der Waals surface area contributed by atoms with Crippen LogP contribution in [0.2, 0.25) is 0 Å². The van der Waals surface area contributed by atoms with E-state index in [1.807, 2.05) is 19.1 Å². The van der Waals surface area contributed by atoms with E-state index in [0.29, 0.717) is 6.42 Å². The number of benzene rings is 1. The summed E-state index contributed by atoms with van der Waals surface area (Å²) in [4.78, 5) is 16.1. The summed E-state index contributed by atoms with van der Waals surface area (Å²) in [6.07, 6.45) is 4.93. The molecule has 2 rings (SSSR count). The van der Waals surface area contributed by atoms with E-state index < -0.39 is 0 Å². The summed E-state index contributed by atoms with van der Waals surface area (Å²) in [5.74, 6) is 0.0712. The number of carbonyl (C=O) groups excluding carboxylic acids is 1. The molecular formula is C17H20N2O. The molecule has 0 spiro atoms. The van der Waals surface area contributed by atoms with Gasteiger partial charge in [0.2, 0.25) is 5.91 Å². The molecule has 1 N–H and O–H groups in total. The molecule has 0 unspecified atom stereocenters. The lowest BCUT2D eigenvalue weighted by Gasteiger charge is -2.19. The molecule has 0 saturated carbocycles. The Kier molecular flexibility index (Phi) is 4.88. The first-order valence-electron chi connectivity index (χ1n) is 6.96. The van der Waals surface area contributed by atoms with Gasteiger partial charge in [-0.25, -0.2) is 0 Å². The number of rotatable bonds is 5. The smallest absolute Gasteiger partial charge is 0.220 e. The number of hydrogen-bond donors (Lipinski definition) is 1. The third-order valence-corrected chi connectivity index (χ3v) is 3.21. The Morgan fingerprint density at radius 2 is 1.95 bits per heavy atom. The Morgan fingerprint density at radius 1 is 1.20 bits per heavy atom. The molecule has 1 atom stereocenters. The normalized spacial score (nSPS) is 11.9. The van der Waals surface area contributed by atoms with Crippen LogP contribution in [0, 0.1) is 6.92 Å². The van der Waals surface area contributed by atoms with Crippen LogP contribution in [0.25, 0.3) is 0 Å². The molecule has 0 bridgehead atoms. The SMILES string of the molecule is CCCC(=O)N[C@@H](c1ccc(C)cc1)c1cccnc1. The topological polar surface area (TPSA) is 42.0 Å². The van der Waals surface area contributed by atoms with Crippen molar-refractivity contribution in [1.29, 1.82) is 0 Å². The summed E-state index contributed by atoms with van der Waals surface area (Å²) in [7, 11) is 0. The molecule has 3 nitrogen and oxygen atoms in total. The minimum Gasteiger partial charge on any atom is -0.345 e. The van der Waals surface area contributed by atoms with Gasteiger partial charge in [0.05, 0.1) is 6.04 Å². The molecule has 0 fully saturated rings. The highest BCUT2D eigenvalue weighted by Crippen LogP contribution is 2.22. The van der Waals surface area contributed by atoms with Gasteiger partial charge in [0.25, 0.3) is 0 Å². The van der Waals surface area contributed by atoms with Crippen LogP contribution in [0.1, 0.15) is 42.5 Å². The highest BCUT2D eigenvalue weighted by Gasteiger charge is 2.16. The van der Waals surface area contributed by atoms with Gasteiger partial charge in [0, 0.05) is 18.8 Å². The summed E-state index contributed by atoms with van der Waals surface area (Å²) in [6, 6.07) is 12.0. The summed E-state index contributed by atoms with van der Waals surface area (Å²) in [5.41, 5.74) is 3.28. The second-order valence-electron chi connectivity index (χ2n) is 4.95. The van der Waals surface area contributed by atoms with Crippen LogP contribution >= 0.6 is 0 Å². The Labute approximate surface area is 120 Å². The quantitative estimate of drug-likeness (QED) is 0.903. The van der Waals surface area contributed by atoms with Gasteiger partial charge in [0.15, 0.2) is 0 Å². The number of carbonyl (C=O) groups is 1. The predicted molar refractivity (Wildman–Crippen MR) is 80.3 cm³/mol. The zero-order valence-corrected chi connectivity index (χ0v) is 12.0. The number of aromatic nitrogens is 1. The highest BCUT2D eigenvalue weighted by molar-refractivity contribution is 5.76. The third-order valence-electron chi connectivity index (χ3n) is 3.21. The van der Waals surface area contributed by atoms with Crippen molar-refractivity contribution in [3.8, 4) is 0 Å². The fourth-order valence-electron chi connectivity index (χ4n) is 2.12. The number of hydrogen-bond acceptors (Lipinski definition) is 2. The molecule has 104 valence electrons. The average molecular weight is 268 g/mol. The van der Waals surface area contributed by atoms with Gasteiger partial charge in [0.1, 0.15) is 0 Å². The van der Waals surface area contributed by atoms with Crippen molar-refractivity contribution >= 4 is 5.91 Å². The largest absolute Gasteiger partial charge is 0.345 e. The summed E-state index contributed by atoms with van der Waals surface area (Å²) in [5, 5.41) is 3.09. The maximum atomic E-state index is 11.9. The maximum absolute atomic E-state index is 11.9. The van der Waals surface area contributed by atoms with E-state index in [1.54, 1.807) is 12.4 Å². The van der Waals surface area contributed by atoms with Crippen molar-refractivity contribution in [3.63, 3.8) is 0 Å². The van der Waals surface area contributed by atoms with Crippen LogP contribution in [0.4, 0.5) is 0 Å². The molecule has 0 radical (unpaired) electrons. The second-order valence-corrected chi connectivity index (χ2v) is 4.95. The standard InChI is InChI=1S/C17H20N2O/c1-3-5-16(20)19-17(15-6-4-11-18-12-15)14-9-7-13(2)8-10-14/h4,6-12,17H,3,5H2,1-2H3,(H,19,20)/t17-/m0/s1. The summed E-state index contributed by atoms with van der Waals surface area (Å²) < 4.78 is 0. The van der Waals surface area contributed by atoms with E-state index in [1.165, 1.54) is 5.56 Å². The Bertz CT molecular complexity index is 549. The molecule has 1 heterocycles. The zero-order valence-electron chi connectivity index (χ0n) is 12.0. The molecule has 1 amide bonds. The minimum atomic E-state index is -0.136. The van der Waals surface area contributed by atoms with Gasteiger partial charge in [-0.05, 0) is 30.5 Å². The number of amides is 1. The zero-order chi connectivity index (χ0) is 14.4. The summed E-state index contributed by atoms with van der Waals surface area (Å²) >= 11 is 0. The van der Waals surface area contributed by atoms with Crippen molar-refractivity contribution in [2.24, 2.45) is 0 Å². The number of nitrogens with zero attached hydrogens (tertiary/aromatic N) is 1. The highest BCUT2D eigenvalue weighted by atomic mass is 16.1. The number of aryl methyl sites for hydroxylation is 1. The van der Waals surface area contributed by atoms with E-state index in [4.69, 9.17) is 0 Å². The van der Waals surface area contributed by atoms with Crippen LogP contribution in [0.3, 0.4) is 0 Å². The van der Waals surface area contributed by atoms with Crippen molar-refractivity contribution in [2.45, 2.75) is 32.7 Å². The molecule has 0 aliphatic carbocycles. The molecule has 0 aliphatic heterocycles. The van der Waals surface area contributed by atoms with E-state index >= 15 is 0 Å². The first kappa shape index (κ1) is 14.3. The van der Waals surface area contributed by atoms with Crippen LogP contribution in [-0.2, 0) is 4.79 Å². The molecular weight excluding hydrogens is 248 g/mol. The van der Waals surface area contributed by atoms with E-state index in [-0.39, 0.29) is 11.9 Å². The minimum absolute atomic E-state index is 0.0712. The maximum Gasteiger partial charge on any atom is 0.220 e. The Hall–Kier alpha value is -2.16. The molecule has 2 aromatic rings. The van der Waals surface area contributed by atoms with Crippen molar-refractivity contribution in [3.05, 3.63) is 65.5 Å². The summed E-state index contributed by atoms with van der Waals surface area (Å²) in [6.45, 7) is 4.06. The van der Waals surface area contributed by atoms with Crippen LogP contribution in [0.5, 0.6) is 0 Å². The molecule has 20 heavy (non-hydrogen) atoms. The first-order valence-corrected chi connectivity index (χ1v) is 6.96. The molecule has 0 aliphatic rings. The van der Waals surface area contributed by atoms with Crippen molar-refractivity contribution in [1.82, 2.24) is 10.3 Å².